The van der Waals surface area contributed by atoms with Crippen LogP contribution in [0.25, 0.3) is 0 Å². The summed E-state index contributed by atoms with van der Waals surface area (Å²) in [5.74, 6) is 0.571. The van der Waals surface area contributed by atoms with Gasteiger partial charge >= 0.3 is 0 Å². The van der Waals surface area contributed by atoms with Crippen LogP contribution in [0.1, 0.15) is 37.2 Å². The molecule has 1 amide bonds. The van der Waals surface area contributed by atoms with E-state index in [-0.39, 0.29) is 12.5 Å². The van der Waals surface area contributed by atoms with E-state index >= 15 is 0 Å². The number of rotatable bonds is 3. The number of nitrogens with one attached hydrogen (secondary N) is 1. The zero-order valence-electron chi connectivity index (χ0n) is 10.4. The van der Waals surface area contributed by atoms with Crippen molar-refractivity contribution >= 4 is 5.91 Å². The van der Waals surface area contributed by atoms with Gasteiger partial charge in [-0.25, -0.2) is 0 Å². The van der Waals surface area contributed by atoms with Crippen LogP contribution in [0.4, 0.5) is 0 Å². The van der Waals surface area contributed by atoms with Crippen LogP contribution in [0.2, 0.25) is 0 Å². The van der Waals surface area contributed by atoms with Crippen molar-refractivity contribution in [3.8, 4) is 0 Å². The second kappa shape index (κ2) is 4.87. The van der Waals surface area contributed by atoms with Crippen LogP contribution < -0.4 is 0 Å². The van der Waals surface area contributed by atoms with Crippen molar-refractivity contribution in [2.24, 2.45) is 5.92 Å². The second-order valence-corrected chi connectivity index (χ2v) is 4.95. The summed E-state index contributed by atoms with van der Waals surface area (Å²) in [6.07, 6.45) is 1.38. The van der Waals surface area contributed by atoms with Gasteiger partial charge in [-0.1, -0.05) is 13.8 Å². The van der Waals surface area contributed by atoms with E-state index in [1.807, 2.05) is 18.7 Å². The molecule has 0 aromatic carbocycles. The topological polar surface area (TPSA) is 69.2 Å². The van der Waals surface area contributed by atoms with Gasteiger partial charge in [-0.15, -0.1) is 0 Å². The van der Waals surface area contributed by atoms with E-state index in [1.165, 1.54) is 0 Å². The summed E-state index contributed by atoms with van der Waals surface area (Å²) in [6.45, 7) is 5.34. The molecule has 0 radical (unpaired) electrons. The molecule has 5 heteroatoms. The highest BCUT2D eigenvalue weighted by Gasteiger charge is 2.24. The number of amides is 1. The van der Waals surface area contributed by atoms with Gasteiger partial charge in [-0.05, 0) is 5.92 Å². The van der Waals surface area contributed by atoms with Gasteiger partial charge in [-0.3, -0.25) is 9.89 Å². The number of nitrogens with zero attached hydrogens (tertiary/aromatic N) is 2. The third-order valence-electron chi connectivity index (χ3n) is 3.10. The molecule has 0 spiro atoms. The molecule has 1 aromatic heterocycles. The third-order valence-corrected chi connectivity index (χ3v) is 3.10. The van der Waals surface area contributed by atoms with Gasteiger partial charge in [0, 0.05) is 37.2 Å². The minimum absolute atomic E-state index is 0.0714. The number of carbonyl (C=O) groups is 1. The first-order valence-electron chi connectivity index (χ1n) is 6.05. The Bertz CT molecular complexity index is 398. The van der Waals surface area contributed by atoms with E-state index < -0.39 is 0 Å². The molecule has 2 heterocycles. The number of fused-ring (bicyclic) bond motifs is 1. The smallest absolute Gasteiger partial charge is 0.223 e. The predicted molar refractivity (Wildman–Crippen MR) is 63.1 cm³/mol. The molecule has 2 rings (SSSR count). The molecule has 2 N–H and O–H groups in total. The lowest BCUT2D eigenvalue weighted by Crippen LogP contribution is -2.36. The van der Waals surface area contributed by atoms with Crippen molar-refractivity contribution < 1.29 is 9.90 Å². The summed E-state index contributed by atoms with van der Waals surface area (Å²) in [7, 11) is 0. The van der Waals surface area contributed by atoms with E-state index in [4.69, 9.17) is 5.11 Å². The standard InChI is InChI=1S/C12H19N3O2/c1-8(2)5-12(17)15-4-3-10-9(6-15)11(7-16)14-13-10/h8,16H,3-7H2,1-2H3,(H,13,14). The quantitative estimate of drug-likeness (QED) is 0.818. The Morgan fingerprint density at radius 2 is 2.35 bits per heavy atom. The molecule has 0 saturated carbocycles. The lowest BCUT2D eigenvalue weighted by atomic mass is 10.0. The minimum atomic E-state index is -0.0714. The summed E-state index contributed by atoms with van der Waals surface area (Å²) < 4.78 is 0. The van der Waals surface area contributed by atoms with Crippen molar-refractivity contribution in [1.82, 2.24) is 15.1 Å². The van der Waals surface area contributed by atoms with Crippen LogP contribution >= 0.6 is 0 Å². The molecule has 0 unspecified atom stereocenters. The SMILES string of the molecule is CC(C)CC(=O)N1CCc2[nH]nc(CO)c2C1. The van der Waals surface area contributed by atoms with Crippen molar-refractivity contribution in [2.45, 2.75) is 39.8 Å². The number of aromatic nitrogens is 2. The molecule has 94 valence electrons. The van der Waals surface area contributed by atoms with Gasteiger partial charge in [0.15, 0.2) is 0 Å². The van der Waals surface area contributed by atoms with Crippen LogP contribution in [-0.4, -0.2) is 32.7 Å². The first-order valence-corrected chi connectivity index (χ1v) is 6.05. The predicted octanol–water partition coefficient (Wildman–Crippen LogP) is 0.833. The van der Waals surface area contributed by atoms with Gasteiger partial charge in [-0.2, -0.15) is 5.10 Å². The maximum absolute atomic E-state index is 12.0. The zero-order valence-corrected chi connectivity index (χ0v) is 10.4. The van der Waals surface area contributed by atoms with Crippen LogP contribution in [0.3, 0.4) is 0 Å². The average Bonchev–Trinajstić information content (AvgIpc) is 2.69. The van der Waals surface area contributed by atoms with E-state index in [1.54, 1.807) is 0 Å². The summed E-state index contributed by atoms with van der Waals surface area (Å²) in [4.78, 5) is 13.8. The van der Waals surface area contributed by atoms with E-state index in [0.717, 1.165) is 24.2 Å². The number of hydrogen-bond acceptors (Lipinski definition) is 3. The minimum Gasteiger partial charge on any atom is -0.390 e. The molecule has 0 bridgehead atoms. The highest BCUT2D eigenvalue weighted by molar-refractivity contribution is 5.76. The van der Waals surface area contributed by atoms with E-state index in [9.17, 15) is 4.79 Å². The molecular formula is C12H19N3O2. The molecule has 1 aromatic rings. The van der Waals surface area contributed by atoms with Crippen molar-refractivity contribution in [2.75, 3.05) is 6.54 Å². The fourth-order valence-corrected chi connectivity index (χ4v) is 2.18. The molecule has 1 aliphatic rings. The molecule has 0 atom stereocenters. The van der Waals surface area contributed by atoms with E-state index in [2.05, 4.69) is 10.2 Å². The average molecular weight is 237 g/mol. The highest BCUT2D eigenvalue weighted by atomic mass is 16.3. The first-order chi connectivity index (χ1) is 8.11. The normalized spacial score (nSPS) is 15.2. The molecule has 0 fully saturated rings. The van der Waals surface area contributed by atoms with Gasteiger partial charge < -0.3 is 10.0 Å². The number of H-pyrrole nitrogens is 1. The Labute approximate surface area is 101 Å². The lowest BCUT2D eigenvalue weighted by Gasteiger charge is -2.27. The Morgan fingerprint density at radius 1 is 1.59 bits per heavy atom. The third kappa shape index (κ3) is 2.49. The van der Waals surface area contributed by atoms with Crippen molar-refractivity contribution in [1.29, 1.82) is 0 Å². The fraction of sp³-hybridized carbons (Fsp3) is 0.667. The monoisotopic (exact) mass is 237 g/mol. The summed E-state index contributed by atoms with van der Waals surface area (Å²) >= 11 is 0. The van der Waals surface area contributed by atoms with Gasteiger partial charge in [0.1, 0.15) is 0 Å². The Morgan fingerprint density at radius 3 is 3.00 bits per heavy atom. The summed E-state index contributed by atoms with van der Waals surface area (Å²) in [6, 6.07) is 0. The maximum atomic E-state index is 12.0. The van der Waals surface area contributed by atoms with Crippen LogP contribution in [0.15, 0.2) is 0 Å². The molecule has 17 heavy (non-hydrogen) atoms. The Balaban J connectivity index is 2.09. The van der Waals surface area contributed by atoms with Crippen LogP contribution in [-0.2, 0) is 24.4 Å². The van der Waals surface area contributed by atoms with Gasteiger partial charge in [0.25, 0.3) is 0 Å². The fourth-order valence-electron chi connectivity index (χ4n) is 2.18. The first kappa shape index (κ1) is 12.1. The Hall–Kier alpha value is -1.36. The summed E-state index contributed by atoms with van der Waals surface area (Å²) in [5.41, 5.74) is 2.72. The maximum Gasteiger partial charge on any atom is 0.223 e. The molecule has 0 saturated heterocycles. The number of aliphatic hydroxyl groups excluding tert-OH is 1. The lowest BCUT2D eigenvalue weighted by molar-refractivity contribution is -0.132. The number of carbonyl (C=O) groups excluding carboxylic acids is 1. The van der Waals surface area contributed by atoms with Crippen molar-refractivity contribution in [3.63, 3.8) is 0 Å². The van der Waals surface area contributed by atoms with Gasteiger partial charge in [0.05, 0.1) is 12.3 Å². The number of hydrogen-bond donors (Lipinski definition) is 2. The van der Waals surface area contributed by atoms with E-state index in [0.29, 0.717) is 24.6 Å². The molecule has 0 aliphatic carbocycles. The largest absolute Gasteiger partial charge is 0.390 e. The van der Waals surface area contributed by atoms with Crippen LogP contribution in [0.5, 0.6) is 0 Å². The Kier molecular flexibility index (Phi) is 3.47. The van der Waals surface area contributed by atoms with Crippen LogP contribution in [0, 0.1) is 5.92 Å². The summed E-state index contributed by atoms with van der Waals surface area (Å²) in [5, 5.41) is 16.2. The second-order valence-electron chi connectivity index (χ2n) is 4.95. The van der Waals surface area contributed by atoms with Gasteiger partial charge in [0.2, 0.25) is 5.91 Å². The molecular weight excluding hydrogens is 218 g/mol. The molecule has 1 aliphatic heterocycles. The zero-order chi connectivity index (χ0) is 12.4. The number of aliphatic hydroxyl groups is 1. The van der Waals surface area contributed by atoms with Crippen molar-refractivity contribution in [3.05, 3.63) is 17.0 Å². The number of aromatic amines is 1. The molecule has 5 nitrogen and oxygen atoms in total. The highest BCUT2D eigenvalue weighted by Crippen LogP contribution is 2.21.